The zero-order valence-corrected chi connectivity index (χ0v) is 22.2. The fraction of sp³-hybridized carbons (Fsp3) is 0.962. The van der Waals surface area contributed by atoms with Crippen molar-refractivity contribution in [1.29, 1.82) is 0 Å². The van der Waals surface area contributed by atoms with E-state index in [4.69, 9.17) is 9.31 Å². The van der Waals surface area contributed by atoms with Crippen LogP contribution in [0.5, 0.6) is 0 Å². The lowest BCUT2D eigenvalue weighted by atomic mass is 9.61. The standard InChI is InChI=1S/C26H49BN2O3/c1-23(2,3)28-22(30)26(8)18-20(12-13-21(26)19-29-16-10-9-11-17-29)14-15-27-31-24(4,5)25(6,7)32-27/h20-21H,9-19H2,1-8H3,(H,28,30)/t20-,21-,26-/m0/s1. The van der Waals surface area contributed by atoms with E-state index >= 15 is 0 Å². The number of nitrogens with zero attached hydrogens (tertiary/aromatic N) is 1. The number of piperidine rings is 1. The van der Waals surface area contributed by atoms with Crippen molar-refractivity contribution in [2.24, 2.45) is 17.3 Å². The highest BCUT2D eigenvalue weighted by Crippen LogP contribution is 2.47. The van der Waals surface area contributed by atoms with E-state index < -0.39 is 0 Å². The minimum atomic E-state index is -0.316. The van der Waals surface area contributed by atoms with E-state index in [1.807, 2.05) is 0 Å². The Kier molecular flexibility index (Phi) is 7.79. The Bertz CT molecular complexity index is 638. The average molecular weight is 449 g/mol. The molecule has 0 aromatic heterocycles. The number of likely N-dealkylation sites (tertiary alicyclic amines) is 1. The molecule has 3 atom stereocenters. The fourth-order valence-electron chi connectivity index (χ4n) is 5.83. The second kappa shape index (κ2) is 9.58. The van der Waals surface area contributed by atoms with E-state index in [2.05, 4.69) is 65.6 Å². The van der Waals surface area contributed by atoms with Crippen molar-refractivity contribution in [1.82, 2.24) is 10.2 Å². The molecule has 1 N–H and O–H groups in total. The monoisotopic (exact) mass is 448 g/mol. The first kappa shape index (κ1) is 26.0. The Hall–Kier alpha value is -0.585. The van der Waals surface area contributed by atoms with Crippen LogP contribution in [0.3, 0.4) is 0 Å². The van der Waals surface area contributed by atoms with Gasteiger partial charge in [0.1, 0.15) is 0 Å². The summed E-state index contributed by atoms with van der Waals surface area (Å²) in [5.41, 5.74) is -1.06. The maximum Gasteiger partial charge on any atom is 0.457 e. The van der Waals surface area contributed by atoms with Crippen molar-refractivity contribution in [3.8, 4) is 0 Å². The van der Waals surface area contributed by atoms with Gasteiger partial charge in [0.15, 0.2) is 0 Å². The average Bonchev–Trinajstić information content (AvgIpc) is 2.88. The predicted molar refractivity (Wildman–Crippen MR) is 133 cm³/mol. The van der Waals surface area contributed by atoms with Crippen LogP contribution in [0.1, 0.15) is 100 Å². The van der Waals surface area contributed by atoms with Crippen LogP contribution in [-0.2, 0) is 14.1 Å². The molecule has 3 rings (SSSR count). The summed E-state index contributed by atoms with van der Waals surface area (Å²) in [5, 5.41) is 3.33. The van der Waals surface area contributed by atoms with Crippen LogP contribution in [0.2, 0.25) is 6.32 Å². The third kappa shape index (κ3) is 6.10. The molecule has 3 aliphatic rings. The van der Waals surface area contributed by atoms with E-state index in [9.17, 15) is 4.79 Å². The van der Waals surface area contributed by atoms with Gasteiger partial charge in [-0.25, -0.2) is 0 Å². The summed E-state index contributed by atoms with van der Waals surface area (Å²) >= 11 is 0. The number of hydrogen-bond donors (Lipinski definition) is 1. The van der Waals surface area contributed by atoms with Crippen molar-refractivity contribution >= 4 is 13.0 Å². The van der Waals surface area contributed by atoms with Crippen molar-refractivity contribution in [3.63, 3.8) is 0 Å². The largest absolute Gasteiger partial charge is 0.457 e. The molecule has 2 aliphatic heterocycles. The summed E-state index contributed by atoms with van der Waals surface area (Å²) < 4.78 is 12.5. The Labute approximate surface area is 197 Å². The summed E-state index contributed by atoms with van der Waals surface area (Å²) in [7, 11) is -0.138. The Balaban J connectivity index is 1.65. The zero-order chi connectivity index (χ0) is 23.8. The number of carbonyl (C=O) groups excluding carboxylic acids is 1. The van der Waals surface area contributed by atoms with Gasteiger partial charge < -0.3 is 19.5 Å². The SMILES string of the molecule is CC(C)(C)NC(=O)[C@@]1(C)C[C@H](CCB2OC(C)(C)C(C)(C)O2)CC[C@H]1CN1CCCCC1. The second-order valence-electron chi connectivity index (χ2n) is 13.1. The van der Waals surface area contributed by atoms with E-state index in [-0.39, 0.29) is 35.2 Å². The van der Waals surface area contributed by atoms with Gasteiger partial charge in [-0.05, 0) is 105 Å². The fourth-order valence-corrected chi connectivity index (χ4v) is 5.83. The molecular formula is C26H49BN2O3. The molecule has 1 saturated carbocycles. The Morgan fingerprint density at radius 3 is 2.16 bits per heavy atom. The molecule has 0 aromatic carbocycles. The van der Waals surface area contributed by atoms with Crippen molar-refractivity contribution < 1.29 is 14.1 Å². The quantitative estimate of drug-likeness (QED) is 0.561. The van der Waals surface area contributed by atoms with E-state index in [1.165, 1.54) is 38.8 Å². The first-order chi connectivity index (χ1) is 14.7. The Morgan fingerprint density at radius 1 is 1.00 bits per heavy atom. The number of carbonyl (C=O) groups is 1. The predicted octanol–water partition coefficient (Wildman–Crippen LogP) is 5.29. The van der Waals surface area contributed by atoms with Crippen molar-refractivity contribution in [2.45, 2.75) is 123 Å². The lowest BCUT2D eigenvalue weighted by molar-refractivity contribution is -0.139. The highest BCUT2D eigenvalue weighted by molar-refractivity contribution is 6.45. The van der Waals surface area contributed by atoms with Gasteiger partial charge in [0.25, 0.3) is 0 Å². The number of nitrogens with one attached hydrogen (secondary N) is 1. The van der Waals surface area contributed by atoms with Crippen LogP contribution in [0.25, 0.3) is 0 Å². The van der Waals surface area contributed by atoms with Crippen LogP contribution in [0.15, 0.2) is 0 Å². The molecule has 0 aromatic rings. The molecule has 0 unspecified atom stereocenters. The number of amides is 1. The molecule has 2 heterocycles. The molecule has 0 bridgehead atoms. The van der Waals surface area contributed by atoms with Gasteiger partial charge in [0.05, 0.1) is 16.6 Å². The zero-order valence-electron chi connectivity index (χ0n) is 22.2. The highest BCUT2D eigenvalue weighted by atomic mass is 16.7. The van der Waals surface area contributed by atoms with E-state index in [1.54, 1.807) is 0 Å². The minimum Gasteiger partial charge on any atom is -0.403 e. The smallest absolute Gasteiger partial charge is 0.403 e. The van der Waals surface area contributed by atoms with Gasteiger partial charge in [0, 0.05) is 12.1 Å². The third-order valence-corrected chi connectivity index (χ3v) is 8.58. The van der Waals surface area contributed by atoms with Gasteiger partial charge in [-0.3, -0.25) is 4.79 Å². The van der Waals surface area contributed by atoms with E-state index in [0.29, 0.717) is 11.8 Å². The van der Waals surface area contributed by atoms with Crippen LogP contribution in [-0.4, -0.2) is 54.3 Å². The molecule has 6 heteroatoms. The normalized spacial score (nSPS) is 33.3. The van der Waals surface area contributed by atoms with Crippen LogP contribution >= 0.6 is 0 Å². The van der Waals surface area contributed by atoms with Crippen molar-refractivity contribution in [2.75, 3.05) is 19.6 Å². The van der Waals surface area contributed by atoms with Gasteiger partial charge >= 0.3 is 7.12 Å². The van der Waals surface area contributed by atoms with Gasteiger partial charge in [-0.2, -0.15) is 0 Å². The summed E-state index contributed by atoms with van der Waals surface area (Å²) in [6.07, 6.45) is 9.23. The van der Waals surface area contributed by atoms with E-state index in [0.717, 1.165) is 32.1 Å². The number of rotatable bonds is 6. The maximum absolute atomic E-state index is 13.6. The molecule has 0 spiro atoms. The highest BCUT2D eigenvalue weighted by Gasteiger charge is 2.51. The van der Waals surface area contributed by atoms with Crippen LogP contribution in [0.4, 0.5) is 0 Å². The van der Waals surface area contributed by atoms with Gasteiger partial charge in [-0.1, -0.05) is 26.2 Å². The lowest BCUT2D eigenvalue weighted by Crippen LogP contribution is -2.55. The first-order valence-corrected chi connectivity index (χ1v) is 13.1. The maximum atomic E-state index is 13.6. The summed E-state index contributed by atoms with van der Waals surface area (Å²) in [5.74, 6) is 1.21. The molecule has 0 radical (unpaired) electrons. The molecule has 1 amide bonds. The second-order valence-corrected chi connectivity index (χ2v) is 13.1. The molecule has 32 heavy (non-hydrogen) atoms. The molecule has 5 nitrogen and oxygen atoms in total. The topological polar surface area (TPSA) is 50.8 Å². The minimum absolute atomic E-state index is 0.138. The van der Waals surface area contributed by atoms with Gasteiger partial charge in [0.2, 0.25) is 5.91 Å². The summed E-state index contributed by atoms with van der Waals surface area (Å²) in [4.78, 5) is 16.2. The molecule has 184 valence electrons. The molecule has 3 fully saturated rings. The summed E-state index contributed by atoms with van der Waals surface area (Å²) in [6, 6.07) is 0. The summed E-state index contributed by atoms with van der Waals surface area (Å²) in [6.45, 7) is 20.4. The number of hydrogen-bond acceptors (Lipinski definition) is 4. The Morgan fingerprint density at radius 2 is 1.59 bits per heavy atom. The first-order valence-electron chi connectivity index (χ1n) is 13.1. The lowest BCUT2D eigenvalue weighted by Gasteiger charge is -2.47. The van der Waals surface area contributed by atoms with Crippen LogP contribution in [0, 0.1) is 17.3 Å². The van der Waals surface area contributed by atoms with Gasteiger partial charge in [-0.15, -0.1) is 0 Å². The molecular weight excluding hydrogens is 399 g/mol. The van der Waals surface area contributed by atoms with Crippen molar-refractivity contribution in [3.05, 3.63) is 0 Å². The third-order valence-electron chi connectivity index (χ3n) is 8.58. The molecule has 2 saturated heterocycles. The molecule has 1 aliphatic carbocycles. The van der Waals surface area contributed by atoms with Crippen LogP contribution < -0.4 is 5.32 Å².